The van der Waals surface area contributed by atoms with E-state index < -0.39 is 0 Å². The summed E-state index contributed by atoms with van der Waals surface area (Å²) in [5, 5.41) is 10.6. The average molecular weight is 551 g/mol. The predicted octanol–water partition coefficient (Wildman–Crippen LogP) is 4.87. The summed E-state index contributed by atoms with van der Waals surface area (Å²) in [5.41, 5.74) is 1.91. The summed E-state index contributed by atoms with van der Waals surface area (Å²) in [7, 11) is 1.62. The molecule has 0 fully saturated rings. The van der Waals surface area contributed by atoms with Crippen molar-refractivity contribution in [2.45, 2.75) is 39.8 Å². The Labute approximate surface area is 205 Å². The van der Waals surface area contributed by atoms with Crippen LogP contribution in [-0.4, -0.2) is 29.8 Å². The summed E-state index contributed by atoms with van der Waals surface area (Å²) in [6.45, 7) is 7.94. The second kappa shape index (κ2) is 12.9. The second-order valence-corrected chi connectivity index (χ2v) is 7.21. The van der Waals surface area contributed by atoms with Gasteiger partial charge in [0.15, 0.2) is 11.7 Å². The predicted molar refractivity (Wildman–Crippen MR) is 135 cm³/mol. The van der Waals surface area contributed by atoms with Crippen LogP contribution in [0.1, 0.15) is 43.7 Å². The number of hydrogen-bond acceptors (Lipinski definition) is 6. The first-order chi connectivity index (χ1) is 15.1. The van der Waals surface area contributed by atoms with Crippen molar-refractivity contribution in [2.75, 3.05) is 13.7 Å². The molecule has 0 saturated heterocycles. The van der Waals surface area contributed by atoms with Crippen molar-refractivity contribution in [1.82, 2.24) is 20.8 Å². The van der Waals surface area contributed by atoms with Gasteiger partial charge in [0.1, 0.15) is 11.5 Å². The summed E-state index contributed by atoms with van der Waals surface area (Å²) >= 11 is 0. The van der Waals surface area contributed by atoms with E-state index in [0.717, 1.165) is 29.3 Å². The van der Waals surface area contributed by atoms with Gasteiger partial charge in [-0.3, -0.25) is 0 Å². The molecule has 3 rings (SSSR count). The Morgan fingerprint density at radius 3 is 2.59 bits per heavy atom. The number of benzene rings is 1. The van der Waals surface area contributed by atoms with Gasteiger partial charge in [0.05, 0.1) is 25.9 Å². The fraction of sp³-hybridized carbons (Fsp3) is 0.348. The van der Waals surface area contributed by atoms with E-state index in [1.165, 1.54) is 0 Å². The number of methoxy groups -OCH3 is 1. The number of guanidine groups is 1. The smallest absolute Gasteiger partial charge is 0.219 e. The molecule has 0 atom stereocenters. The summed E-state index contributed by atoms with van der Waals surface area (Å²) < 4.78 is 16.4. The van der Waals surface area contributed by atoms with Crippen LogP contribution < -0.4 is 20.1 Å². The van der Waals surface area contributed by atoms with Crippen molar-refractivity contribution >= 4 is 29.9 Å². The number of nitrogens with one attached hydrogen (secondary N) is 2. The maximum absolute atomic E-state index is 5.78. The molecule has 0 spiro atoms. The summed E-state index contributed by atoms with van der Waals surface area (Å²) in [6, 6.07) is 13.1. The maximum atomic E-state index is 5.78. The van der Waals surface area contributed by atoms with Crippen LogP contribution in [0.15, 0.2) is 58.2 Å². The van der Waals surface area contributed by atoms with Crippen LogP contribution in [0.25, 0.3) is 0 Å². The van der Waals surface area contributed by atoms with Crippen LogP contribution in [0.4, 0.5) is 0 Å². The highest BCUT2D eigenvalue weighted by molar-refractivity contribution is 14.0. The fourth-order valence-electron chi connectivity index (χ4n) is 2.72. The Morgan fingerprint density at radius 1 is 1.12 bits per heavy atom. The highest BCUT2D eigenvalue weighted by atomic mass is 127. The van der Waals surface area contributed by atoms with E-state index in [9.17, 15) is 0 Å². The fourth-order valence-corrected chi connectivity index (χ4v) is 2.72. The number of aliphatic imine (C=N–C) groups is 1. The molecule has 0 saturated carbocycles. The van der Waals surface area contributed by atoms with Gasteiger partial charge in [-0.25, -0.2) is 9.98 Å². The average Bonchev–Trinajstić information content (AvgIpc) is 3.26. The van der Waals surface area contributed by atoms with Crippen LogP contribution >= 0.6 is 24.0 Å². The summed E-state index contributed by atoms with van der Waals surface area (Å²) in [5.74, 6) is 3.72. The molecule has 2 N–H and O–H groups in total. The lowest BCUT2D eigenvalue weighted by Crippen LogP contribution is -2.36. The third-order valence-electron chi connectivity index (χ3n) is 4.42. The Morgan fingerprint density at radius 2 is 1.94 bits per heavy atom. The topological polar surface area (TPSA) is 93.8 Å². The molecular weight excluding hydrogens is 521 g/mol. The van der Waals surface area contributed by atoms with E-state index in [1.54, 1.807) is 13.3 Å². The number of ether oxygens (including phenoxy) is 2. The summed E-state index contributed by atoms with van der Waals surface area (Å²) in [6.07, 6.45) is 1.76. The normalized spacial score (nSPS) is 11.1. The van der Waals surface area contributed by atoms with Crippen molar-refractivity contribution in [1.29, 1.82) is 0 Å². The van der Waals surface area contributed by atoms with Crippen molar-refractivity contribution in [3.8, 4) is 17.4 Å². The number of nitrogens with zero attached hydrogens (tertiary/aromatic N) is 3. The minimum Gasteiger partial charge on any atom is -0.497 e. The van der Waals surface area contributed by atoms with Gasteiger partial charge in [-0.1, -0.05) is 31.1 Å². The minimum atomic E-state index is 0. The van der Waals surface area contributed by atoms with Gasteiger partial charge >= 0.3 is 0 Å². The van der Waals surface area contributed by atoms with Crippen molar-refractivity contribution in [2.24, 2.45) is 4.99 Å². The Hall–Kier alpha value is -2.82. The lowest BCUT2D eigenvalue weighted by molar-refractivity contribution is 0.372. The largest absolute Gasteiger partial charge is 0.497 e. The molecule has 0 aliphatic carbocycles. The van der Waals surface area contributed by atoms with Crippen LogP contribution in [0.2, 0.25) is 0 Å². The van der Waals surface area contributed by atoms with E-state index in [4.69, 9.17) is 14.0 Å². The van der Waals surface area contributed by atoms with E-state index in [2.05, 4.69) is 39.6 Å². The van der Waals surface area contributed by atoms with Gasteiger partial charge < -0.3 is 24.6 Å². The Bertz CT molecular complexity index is 989. The molecule has 1 aromatic carbocycles. The molecule has 0 aliphatic heterocycles. The third kappa shape index (κ3) is 7.70. The molecule has 0 bridgehead atoms. The van der Waals surface area contributed by atoms with E-state index in [0.29, 0.717) is 36.6 Å². The van der Waals surface area contributed by atoms with Crippen molar-refractivity contribution in [3.05, 3.63) is 65.7 Å². The van der Waals surface area contributed by atoms with Gasteiger partial charge in [0.25, 0.3) is 0 Å². The first-order valence-electron chi connectivity index (χ1n) is 10.3. The zero-order valence-corrected chi connectivity index (χ0v) is 21.1. The van der Waals surface area contributed by atoms with E-state index >= 15 is 0 Å². The van der Waals surface area contributed by atoms with Gasteiger partial charge in [-0.2, -0.15) is 0 Å². The molecule has 0 radical (unpaired) electrons. The van der Waals surface area contributed by atoms with Gasteiger partial charge in [-0.05, 0) is 30.5 Å². The molecule has 2 heterocycles. The standard InChI is InChI=1S/C23H29N5O3.HI/c1-5-24-23(27-15-20-12-21(16(2)3)28-31-20)26-14-17-9-10-22(25-13-17)30-19-8-6-7-18(11-19)29-4;/h6-13,16H,5,14-15H2,1-4H3,(H2,24,26,27);1H. The minimum absolute atomic E-state index is 0. The quantitative estimate of drug-likeness (QED) is 0.223. The van der Waals surface area contributed by atoms with Crippen molar-refractivity contribution < 1.29 is 14.0 Å². The molecule has 2 aromatic heterocycles. The number of pyridine rings is 1. The third-order valence-corrected chi connectivity index (χ3v) is 4.42. The highest BCUT2D eigenvalue weighted by Gasteiger charge is 2.08. The van der Waals surface area contributed by atoms with Crippen LogP contribution in [-0.2, 0) is 13.1 Å². The molecule has 3 aromatic rings. The van der Waals surface area contributed by atoms with E-state index in [1.807, 2.05) is 49.4 Å². The van der Waals surface area contributed by atoms with Gasteiger partial charge in [-0.15, -0.1) is 24.0 Å². The van der Waals surface area contributed by atoms with Crippen LogP contribution in [0, 0.1) is 0 Å². The molecule has 0 amide bonds. The number of rotatable bonds is 9. The molecule has 9 heteroatoms. The monoisotopic (exact) mass is 551 g/mol. The van der Waals surface area contributed by atoms with Gasteiger partial charge in [0.2, 0.25) is 5.88 Å². The SMILES string of the molecule is CCNC(=NCc1ccc(Oc2cccc(OC)c2)nc1)NCc1cc(C(C)C)no1.I. The molecule has 8 nitrogen and oxygen atoms in total. The first kappa shape index (κ1) is 25.4. The molecule has 172 valence electrons. The molecule has 0 unspecified atom stereocenters. The lowest BCUT2D eigenvalue weighted by Gasteiger charge is -2.10. The molecular formula is C23H30IN5O3. The number of hydrogen-bond donors (Lipinski definition) is 2. The zero-order chi connectivity index (χ0) is 22.1. The zero-order valence-electron chi connectivity index (χ0n) is 18.8. The summed E-state index contributed by atoms with van der Waals surface area (Å²) in [4.78, 5) is 8.98. The maximum Gasteiger partial charge on any atom is 0.219 e. The van der Waals surface area contributed by atoms with Gasteiger partial charge in [0, 0.05) is 30.9 Å². The van der Waals surface area contributed by atoms with Crippen LogP contribution in [0.5, 0.6) is 17.4 Å². The second-order valence-electron chi connectivity index (χ2n) is 7.21. The Kier molecular flexibility index (Phi) is 10.3. The number of halogens is 1. The molecule has 0 aliphatic rings. The molecule has 32 heavy (non-hydrogen) atoms. The number of aromatic nitrogens is 2. The van der Waals surface area contributed by atoms with Crippen molar-refractivity contribution in [3.63, 3.8) is 0 Å². The lowest BCUT2D eigenvalue weighted by atomic mass is 10.1. The first-order valence-corrected chi connectivity index (χ1v) is 10.3. The highest BCUT2D eigenvalue weighted by Crippen LogP contribution is 2.23. The Balaban J connectivity index is 0.00000363. The van der Waals surface area contributed by atoms with Crippen LogP contribution in [0.3, 0.4) is 0 Å². The van der Waals surface area contributed by atoms with E-state index in [-0.39, 0.29) is 24.0 Å².